The van der Waals surface area contributed by atoms with E-state index in [1.807, 2.05) is 24.3 Å². The molecule has 38 heavy (non-hydrogen) atoms. The number of anilines is 1. The van der Waals surface area contributed by atoms with Crippen LogP contribution in [0.3, 0.4) is 0 Å². The molecule has 0 saturated carbocycles. The minimum absolute atomic E-state index is 0.0549. The summed E-state index contributed by atoms with van der Waals surface area (Å²) in [7, 11) is 0. The molecule has 3 aromatic carbocycles. The fraction of sp³-hybridized carbons (Fsp3) is 0.323. The molecule has 7 nitrogen and oxygen atoms in total. The van der Waals surface area contributed by atoms with E-state index in [9.17, 15) is 4.79 Å². The lowest BCUT2D eigenvalue weighted by molar-refractivity contribution is -0.114. The number of nitrogens with zero attached hydrogens (tertiary/aromatic N) is 3. The van der Waals surface area contributed by atoms with Crippen LogP contribution in [0, 0.1) is 0 Å². The van der Waals surface area contributed by atoms with Gasteiger partial charge >= 0.3 is 0 Å². The molecule has 0 unspecified atom stereocenters. The summed E-state index contributed by atoms with van der Waals surface area (Å²) in [5.41, 5.74) is 6.05. The molecule has 1 spiro atoms. The van der Waals surface area contributed by atoms with Gasteiger partial charge in [-0.25, -0.2) is 0 Å². The van der Waals surface area contributed by atoms with Crippen molar-refractivity contribution in [2.75, 3.05) is 11.9 Å². The molecule has 7 heteroatoms. The van der Waals surface area contributed by atoms with Crippen LogP contribution < -0.4 is 5.32 Å². The Morgan fingerprint density at radius 1 is 0.947 bits per heavy atom. The second kappa shape index (κ2) is 9.49. The second-order valence-electron chi connectivity index (χ2n) is 10.9. The van der Waals surface area contributed by atoms with Crippen molar-refractivity contribution in [1.29, 1.82) is 0 Å². The third-order valence-corrected chi connectivity index (χ3v) is 7.81. The third-order valence-electron chi connectivity index (χ3n) is 7.81. The monoisotopic (exact) mass is 508 g/mol. The average molecular weight is 509 g/mol. The van der Waals surface area contributed by atoms with Crippen molar-refractivity contribution < 1.29 is 13.9 Å². The Morgan fingerprint density at radius 2 is 1.66 bits per heavy atom. The molecular formula is C31H32N4O3. The largest absolute Gasteiger partial charge is 0.416 e. The molecule has 6 rings (SSSR count). The number of benzene rings is 3. The van der Waals surface area contributed by atoms with Gasteiger partial charge in [0.2, 0.25) is 17.7 Å². The van der Waals surface area contributed by atoms with E-state index in [-0.39, 0.29) is 17.2 Å². The number of rotatable bonds is 5. The maximum Gasteiger partial charge on any atom is 0.248 e. The molecule has 2 heterocycles. The summed E-state index contributed by atoms with van der Waals surface area (Å²) in [5.74, 6) is 0.837. The SMILES string of the molecule is CC(=O)Nc1ccc(-c2nnc(-c3ccc4c(c3)C[C@@]3(CC4)COC(C)(C)N3Cc3ccccc3)o2)cc1. The summed E-state index contributed by atoms with van der Waals surface area (Å²) < 4.78 is 12.5. The zero-order chi connectivity index (χ0) is 26.3. The summed E-state index contributed by atoms with van der Waals surface area (Å²) in [4.78, 5) is 13.8. The minimum atomic E-state index is -0.332. The number of amides is 1. The van der Waals surface area contributed by atoms with E-state index in [0.717, 1.165) is 49.2 Å². The normalized spacial score (nSPS) is 20.4. The first-order chi connectivity index (χ1) is 18.3. The zero-order valence-corrected chi connectivity index (χ0v) is 22.0. The van der Waals surface area contributed by atoms with Crippen LogP contribution in [0.4, 0.5) is 5.69 Å². The van der Waals surface area contributed by atoms with Gasteiger partial charge in [0.1, 0.15) is 5.72 Å². The quantitative estimate of drug-likeness (QED) is 0.364. The summed E-state index contributed by atoms with van der Waals surface area (Å²) in [5, 5.41) is 11.4. The van der Waals surface area contributed by atoms with Gasteiger partial charge in [-0.15, -0.1) is 10.2 Å². The van der Waals surface area contributed by atoms with Crippen LogP contribution in [0.5, 0.6) is 0 Å². The highest BCUT2D eigenvalue weighted by Crippen LogP contribution is 2.44. The predicted octanol–water partition coefficient (Wildman–Crippen LogP) is 5.86. The van der Waals surface area contributed by atoms with Crippen molar-refractivity contribution in [3.63, 3.8) is 0 Å². The van der Waals surface area contributed by atoms with Crippen LogP contribution in [0.1, 0.15) is 43.9 Å². The Balaban J connectivity index is 1.25. The highest BCUT2D eigenvalue weighted by Gasteiger charge is 2.52. The van der Waals surface area contributed by atoms with Gasteiger partial charge in [0.15, 0.2) is 0 Å². The molecule has 0 radical (unpaired) electrons. The standard InChI is InChI=1S/C31H32N4O3/c1-21(36)32-27-13-11-24(12-14-27)28-33-34-29(38-28)25-10-9-23-15-16-31(18-26(23)17-25)20-37-30(2,3)35(31)19-22-7-5-4-6-8-22/h4-14,17H,15-16,18-20H2,1-3H3,(H,32,36)/t31-/m0/s1. The number of fused-ring (bicyclic) bond motifs is 1. The molecule has 1 aliphatic carbocycles. The van der Waals surface area contributed by atoms with Gasteiger partial charge in [-0.05, 0) is 86.2 Å². The Kier molecular flexibility index (Phi) is 6.13. The molecule has 1 aliphatic heterocycles. The first-order valence-electron chi connectivity index (χ1n) is 13.1. The van der Waals surface area contributed by atoms with E-state index in [1.165, 1.54) is 23.6 Å². The van der Waals surface area contributed by atoms with Crippen molar-refractivity contribution in [2.24, 2.45) is 0 Å². The Hall–Kier alpha value is -3.81. The number of aryl methyl sites for hydroxylation is 1. The Labute approximate surface area is 222 Å². The molecular weight excluding hydrogens is 476 g/mol. The maximum absolute atomic E-state index is 11.3. The average Bonchev–Trinajstić information content (AvgIpc) is 3.49. The minimum Gasteiger partial charge on any atom is -0.416 e. The number of carbonyl (C=O) groups excluding carboxylic acids is 1. The Bertz CT molecular complexity index is 1460. The van der Waals surface area contributed by atoms with E-state index < -0.39 is 0 Å². The second-order valence-corrected chi connectivity index (χ2v) is 10.9. The zero-order valence-electron chi connectivity index (χ0n) is 22.0. The molecule has 1 atom stereocenters. The van der Waals surface area contributed by atoms with E-state index in [1.54, 1.807) is 0 Å². The maximum atomic E-state index is 11.3. The fourth-order valence-corrected chi connectivity index (χ4v) is 5.85. The van der Waals surface area contributed by atoms with E-state index in [2.05, 4.69) is 82.8 Å². The number of hydrogen-bond donors (Lipinski definition) is 1. The molecule has 1 fully saturated rings. The molecule has 4 aromatic rings. The van der Waals surface area contributed by atoms with Crippen molar-refractivity contribution >= 4 is 11.6 Å². The van der Waals surface area contributed by atoms with Gasteiger partial charge in [0, 0.05) is 30.3 Å². The highest BCUT2D eigenvalue weighted by molar-refractivity contribution is 5.88. The van der Waals surface area contributed by atoms with Gasteiger partial charge in [-0.3, -0.25) is 9.69 Å². The lowest BCUT2D eigenvalue weighted by Gasteiger charge is -2.45. The van der Waals surface area contributed by atoms with Crippen molar-refractivity contribution in [3.8, 4) is 22.9 Å². The van der Waals surface area contributed by atoms with E-state index in [4.69, 9.17) is 9.15 Å². The van der Waals surface area contributed by atoms with E-state index >= 15 is 0 Å². The van der Waals surface area contributed by atoms with Gasteiger partial charge in [-0.1, -0.05) is 36.4 Å². The number of carbonyl (C=O) groups is 1. The molecule has 1 amide bonds. The van der Waals surface area contributed by atoms with Gasteiger partial charge in [-0.2, -0.15) is 0 Å². The van der Waals surface area contributed by atoms with Crippen molar-refractivity contribution in [2.45, 2.75) is 57.8 Å². The third kappa shape index (κ3) is 4.64. The molecule has 1 aromatic heterocycles. The Morgan fingerprint density at radius 3 is 2.39 bits per heavy atom. The van der Waals surface area contributed by atoms with Crippen molar-refractivity contribution in [3.05, 3.63) is 89.5 Å². The highest BCUT2D eigenvalue weighted by atomic mass is 16.5. The lowest BCUT2D eigenvalue weighted by atomic mass is 9.76. The predicted molar refractivity (Wildman–Crippen MR) is 146 cm³/mol. The first kappa shape index (κ1) is 24.5. The van der Waals surface area contributed by atoms with Crippen LogP contribution in [0.25, 0.3) is 22.9 Å². The van der Waals surface area contributed by atoms with Gasteiger partial charge < -0.3 is 14.5 Å². The first-order valence-corrected chi connectivity index (χ1v) is 13.1. The van der Waals surface area contributed by atoms with Crippen LogP contribution in [0.15, 0.2) is 77.2 Å². The topological polar surface area (TPSA) is 80.5 Å². The summed E-state index contributed by atoms with van der Waals surface area (Å²) >= 11 is 0. The molecule has 194 valence electrons. The molecule has 1 saturated heterocycles. The fourth-order valence-electron chi connectivity index (χ4n) is 5.85. The lowest BCUT2D eigenvalue weighted by Crippen LogP contribution is -2.54. The van der Waals surface area contributed by atoms with Gasteiger partial charge in [0.05, 0.1) is 12.1 Å². The molecule has 1 N–H and O–H groups in total. The molecule has 2 aliphatic rings. The van der Waals surface area contributed by atoms with Crippen LogP contribution in [0.2, 0.25) is 0 Å². The molecule has 0 bridgehead atoms. The van der Waals surface area contributed by atoms with Crippen LogP contribution in [-0.4, -0.2) is 38.9 Å². The van der Waals surface area contributed by atoms with E-state index in [0.29, 0.717) is 11.8 Å². The number of aromatic nitrogens is 2. The van der Waals surface area contributed by atoms with Crippen LogP contribution in [-0.2, 0) is 28.9 Å². The summed E-state index contributed by atoms with van der Waals surface area (Å²) in [6, 6.07) is 24.5. The number of ether oxygens (including phenoxy) is 1. The number of hydrogen-bond acceptors (Lipinski definition) is 6. The smallest absolute Gasteiger partial charge is 0.248 e. The van der Waals surface area contributed by atoms with Gasteiger partial charge in [0.25, 0.3) is 0 Å². The summed E-state index contributed by atoms with van der Waals surface area (Å²) in [6.45, 7) is 7.42. The van der Waals surface area contributed by atoms with Crippen LogP contribution >= 0.6 is 0 Å². The summed E-state index contributed by atoms with van der Waals surface area (Å²) in [6.07, 6.45) is 2.99. The van der Waals surface area contributed by atoms with Crippen molar-refractivity contribution in [1.82, 2.24) is 15.1 Å². The number of nitrogens with one attached hydrogen (secondary N) is 1.